The molecule has 4 rings (SSSR count). The van der Waals surface area contributed by atoms with Crippen molar-refractivity contribution in [2.24, 2.45) is 0 Å². The number of hydrogen-bond acceptors (Lipinski definition) is 5. The zero-order chi connectivity index (χ0) is 20.4. The minimum absolute atomic E-state index is 0.0772. The number of hydrogen-bond donors (Lipinski definition) is 2. The third-order valence-corrected chi connectivity index (χ3v) is 6.27. The second-order valence-corrected chi connectivity index (χ2v) is 8.67. The summed E-state index contributed by atoms with van der Waals surface area (Å²) in [5.41, 5.74) is 0.878. The standard InChI is InChI=1S/C19H15FN4O3S2/c20-16-3-1-2-4-17(16)23-29(26,27)15-7-5-13(6-8-15)18(25)21-11-14-12-24-9-10-28-19(24)22-14/h1-10,12,23H,11H2,(H,21,25). The van der Waals surface area contributed by atoms with E-state index in [0.717, 1.165) is 16.7 Å². The van der Waals surface area contributed by atoms with Crippen molar-refractivity contribution >= 4 is 37.9 Å². The van der Waals surface area contributed by atoms with Crippen molar-refractivity contribution in [2.45, 2.75) is 11.4 Å². The van der Waals surface area contributed by atoms with Crippen molar-refractivity contribution in [3.63, 3.8) is 0 Å². The number of para-hydroxylation sites is 1. The minimum atomic E-state index is -3.98. The lowest BCUT2D eigenvalue weighted by atomic mass is 10.2. The van der Waals surface area contributed by atoms with Crippen LogP contribution in [-0.4, -0.2) is 23.7 Å². The number of carbonyl (C=O) groups excluding carboxylic acids is 1. The molecule has 0 saturated heterocycles. The zero-order valence-electron chi connectivity index (χ0n) is 14.9. The molecule has 0 saturated carbocycles. The molecule has 0 aliphatic carbocycles. The molecule has 0 bridgehead atoms. The molecule has 2 N–H and O–H groups in total. The number of thiazole rings is 1. The molecule has 29 heavy (non-hydrogen) atoms. The van der Waals surface area contributed by atoms with E-state index in [1.54, 1.807) is 0 Å². The van der Waals surface area contributed by atoms with Gasteiger partial charge in [-0.1, -0.05) is 12.1 Å². The van der Waals surface area contributed by atoms with Crippen LogP contribution >= 0.6 is 11.3 Å². The molecular weight excluding hydrogens is 415 g/mol. The van der Waals surface area contributed by atoms with Crippen LogP contribution in [0.2, 0.25) is 0 Å². The first-order valence-electron chi connectivity index (χ1n) is 8.49. The lowest BCUT2D eigenvalue weighted by Crippen LogP contribution is -2.23. The first-order valence-corrected chi connectivity index (χ1v) is 10.9. The summed E-state index contributed by atoms with van der Waals surface area (Å²) in [7, 11) is -3.98. The van der Waals surface area contributed by atoms with E-state index in [1.807, 2.05) is 22.2 Å². The number of rotatable bonds is 6. The Morgan fingerprint density at radius 1 is 1.14 bits per heavy atom. The fraction of sp³-hybridized carbons (Fsp3) is 0.0526. The highest BCUT2D eigenvalue weighted by Crippen LogP contribution is 2.19. The topological polar surface area (TPSA) is 92.6 Å². The normalized spacial score (nSPS) is 11.5. The number of benzene rings is 2. The minimum Gasteiger partial charge on any atom is -0.346 e. The average molecular weight is 430 g/mol. The molecule has 2 aromatic carbocycles. The van der Waals surface area contributed by atoms with Gasteiger partial charge in [-0.3, -0.25) is 13.9 Å². The van der Waals surface area contributed by atoms with Gasteiger partial charge in [0.1, 0.15) is 5.82 Å². The Hall–Kier alpha value is -3.24. The number of halogens is 1. The van der Waals surface area contributed by atoms with E-state index in [2.05, 4.69) is 15.0 Å². The summed E-state index contributed by atoms with van der Waals surface area (Å²) in [6.45, 7) is 0.252. The Balaban J connectivity index is 1.43. The highest BCUT2D eigenvalue weighted by molar-refractivity contribution is 7.92. The van der Waals surface area contributed by atoms with E-state index >= 15 is 0 Å². The van der Waals surface area contributed by atoms with Crippen molar-refractivity contribution in [1.82, 2.24) is 14.7 Å². The predicted octanol–water partition coefficient (Wildman–Crippen LogP) is 3.27. The van der Waals surface area contributed by atoms with Gasteiger partial charge in [0.15, 0.2) is 4.96 Å². The summed E-state index contributed by atoms with van der Waals surface area (Å²) in [6.07, 6.45) is 3.71. The number of carbonyl (C=O) groups is 1. The zero-order valence-corrected chi connectivity index (χ0v) is 16.5. The van der Waals surface area contributed by atoms with Crippen LogP contribution in [0, 0.1) is 5.82 Å². The molecule has 148 valence electrons. The number of sulfonamides is 1. The van der Waals surface area contributed by atoms with Crippen molar-refractivity contribution in [3.8, 4) is 0 Å². The van der Waals surface area contributed by atoms with Gasteiger partial charge in [0.05, 0.1) is 22.8 Å². The van der Waals surface area contributed by atoms with Gasteiger partial charge in [-0.05, 0) is 36.4 Å². The monoisotopic (exact) mass is 430 g/mol. The van der Waals surface area contributed by atoms with Gasteiger partial charge in [0.25, 0.3) is 15.9 Å². The Morgan fingerprint density at radius 3 is 2.62 bits per heavy atom. The van der Waals surface area contributed by atoms with Crippen LogP contribution in [0.15, 0.2) is 71.2 Å². The first-order chi connectivity index (χ1) is 13.9. The van der Waals surface area contributed by atoms with Gasteiger partial charge in [-0.25, -0.2) is 17.8 Å². The quantitative estimate of drug-likeness (QED) is 0.491. The van der Waals surface area contributed by atoms with E-state index in [1.165, 1.54) is 53.8 Å². The van der Waals surface area contributed by atoms with Gasteiger partial charge in [0, 0.05) is 23.3 Å². The molecule has 0 unspecified atom stereocenters. The number of fused-ring (bicyclic) bond motifs is 1. The Morgan fingerprint density at radius 2 is 1.90 bits per heavy atom. The SMILES string of the molecule is O=C(NCc1cn2ccsc2n1)c1ccc(S(=O)(=O)Nc2ccccc2F)cc1. The number of aromatic nitrogens is 2. The van der Waals surface area contributed by atoms with E-state index in [9.17, 15) is 17.6 Å². The molecule has 0 aliphatic rings. The van der Waals surface area contributed by atoms with Crippen molar-refractivity contribution < 1.29 is 17.6 Å². The maximum atomic E-state index is 13.7. The number of imidazole rings is 1. The number of nitrogens with one attached hydrogen (secondary N) is 2. The third kappa shape index (κ3) is 4.13. The predicted molar refractivity (Wildman–Crippen MR) is 108 cm³/mol. The smallest absolute Gasteiger partial charge is 0.261 e. The molecular formula is C19H15FN4O3S2. The molecule has 0 radical (unpaired) electrons. The number of anilines is 1. The van der Waals surface area contributed by atoms with Crippen molar-refractivity contribution in [2.75, 3.05) is 4.72 Å². The second kappa shape index (κ2) is 7.64. The van der Waals surface area contributed by atoms with Crippen LogP contribution < -0.4 is 10.0 Å². The van der Waals surface area contributed by atoms with Crippen LogP contribution in [0.4, 0.5) is 10.1 Å². The summed E-state index contributed by atoms with van der Waals surface area (Å²) >= 11 is 1.50. The molecule has 0 aliphatic heterocycles. The molecule has 0 atom stereocenters. The van der Waals surface area contributed by atoms with Gasteiger partial charge >= 0.3 is 0 Å². The van der Waals surface area contributed by atoms with E-state index in [-0.39, 0.29) is 23.0 Å². The van der Waals surface area contributed by atoms with Crippen molar-refractivity contribution in [3.05, 3.63) is 83.4 Å². The molecule has 10 heteroatoms. The van der Waals surface area contributed by atoms with Crippen LogP contribution in [-0.2, 0) is 16.6 Å². The first kappa shape index (κ1) is 19.1. The third-order valence-electron chi connectivity index (χ3n) is 4.12. The van der Waals surface area contributed by atoms with Gasteiger partial charge < -0.3 is 5.32 Å². The van der Waals surface area contributed by atoms with Crippen LogP contribution in [0.3, 0.4) is 0 Å². The number of nitrogens with zero attached hydrogens (tertiary/aromatic N) is 2. The lowest BCUT2D eigenvalue weighted by Gasteiger charge is -2.09. The molecule has 1 amide bonds. The van der Waals surface area contributed by atoms with E-state index in [4.69, 9.17) is 0 Å². The Bertz CT molecular complexity index is 1250. The summed E-state index contributed by atoms with van der Waals surface area (Å²) in [5, 5.41) is 4.66. The van der Waals surface area contributed by atoms with Crippen LogP contribution in [0.25, 0.3) is 4.96 Å². The molecule has 0 spiro atoms. The largest absolute Gasteiger partial charge is 0.346 e. The lowest BCUT2D eigenvalue weighted by molar-refractivity contribution is 0.0950. The summed E-state index contributed by atoms with van der Waals surface area (Å²) in [5.74, 6) is -1.03. The van der Waals surface area contributed by atoms with Gasteiger partial charge in [-0.15, -0.1) is 11.3 Å². The maximum Gasteiger partial charge on any atom is 0.261 e. The molecule has 4 aromatic rings. The second-order valence-electron chi connectivity index (χ2n) is 6.12. The highest BCUT2D eigenvalue weighted by atomic mass is 32.2. The summed E-state index contributed by atoms with van der Waals surface area (Å²) < 4.78 is 42.6. The van der Waals surface area contributed by atoms with Gasteiger partial charge in [0.2, 0.25) is 0 Å². The summed E-state index contributed by atoms with van der Waals surface area (Å²) in [4.78, 5) is 17.5. The highest BCUT2D eigenvalue weighted by Gasteiger charge is 2.17. The van der Waals surface area contributed by atoms with E-state index < -0.39 is 15.8 Å². The molecule has 7 nitrogen and oxygen atoms in total. The average Bonchev–Trinajstić information content (AvgIpc) is 3.30. The Kier molecular flexibility index (Phi) is 5.03. The fourth-order valence-electron chi connectivity index (χ4n) is 2.67. The fourth-order valence-corrected chi connectivity index (χ4v) is 4.45. The maximum absolute atomic E-state index is 13.7. The van der Waals surface area contributed by atoms with Crippen molar-refractivity contribution in [1.29, 1.82) is 0 Å². The summed E-state index contributed by atoms with van der Waals surface area (Å²) in [6, 6.07) is 10.9. The van der Waals surface area contributed by atoms with Crippen LogP contribution in [0.5, 0.6) is 0 Å². The van der Waals surface area contributed by atoms with Gasteiger partial charge in [-0.2, -0.15) is 0 Å². The molecule has 2 heterocycles. The molecule has 2 aromatic heterocycles. The van der Waals surface area contributed by atoms with Crippen LogP contribution in [0.1, 0.15) is 16.1 Å². The molecule has 0 fully saturated rings. The Labute approximate surface area is 169 Å². The number of amides is 1. The van der Waals surface area contributed by atoms with E-state index in [0.29, 0.717) is 5.56 Å².